The van der Waals surface area contributed by atoms with Gasteiger partial charge in [0, 0.05) is 17.3 Å². The van der Waals surface area contributed by atoms with E-state index in [4.69, 9.17) is 4.52 Å². The van der Waals surface area contributed by atoms with E-state index in [0.717, 1.165) is 33.3 Å². The molecule has 0 aliphatic heterocycles. The van der Waals surface area contributed by atoms with Crippen molar-refractivity contribution in [3.8, 4) is 22.5 Å². The van der Waals surface area contributed by atoms with Crippen LogP contribution in [0.5, 0.6) is 0 Å². The number of benzene rings is 2. The molecule has 0 fully saturated rings. The maximum atomic E-state index is 13.1. The minimum Gasteiger partial charge on any atom is -0.355 e. The zero-order valence-electron chi connectivity index (χ0n) is 11.8. The molecule has 0 atom stereocenters. The first-order valence-electron chi connectivity index (χ1n) is 6.88. The van der Waals surface area contributed by atoms with Crippen molar-refractivity contribution in [2.75, 3.05) is 0 Å². The summed E-state index contributed by atoms with van der Waals surface area (Å²) in [4.78, 5) is 0. The van der Waals surface area contributed by atoms with Crippen LogP contribution in [0.15, 0.2) is 53.2 Å². The molecule has 4 rings (SSSR count). The van der Waals surface area contributed by atoms with Gasteiger partial charge in [0.15, 0.2) is 5.76 Å². The zero-order valence-corrected chi connectivity index (χ0v) is 11.8. The normalized spacial score (nSPS) is 11.2. The molecule has 2 heterocycles. The number of fused-ring (bicyclic) bond motifs is 1. The topological polar surface area (TPSA) is 54.7 Å². The van der Waals surface area contributed by atoms with Crippen molar-refractivity contribution in [2.45, 2.75) is 6.92 Å². The average molecular weight is 293 g/mol. The van der Waals surface area contributed by atoms with E-state index < -0.39 is 0 Å². The monoisotopic (exact) mass is 293 g/mol. The van der Waals surface area contributed by atoms with Crippen molar-refractivity contribution in [3.63, 3.8) is 0 Å². The fraction of sp³-hybridized carbons (Fsp3) is 0.0588. The number of aromatic amines is 1. The Bertz CT molecular complexity index is 954. The number of H-pyrrole nitrogens is 1. The van der Waals surface area contributed by atoms with E-state index in [0.29, 0.717) is 5.76 Å². The third-order valence-corrected chi connectivity index (χ3v) is 3.72. The first-order valence-corrected chi connectivity index (χ1v) is 6.88. The molecule has 4 aromatic rings. The molecular weight excluding hydrogens is 281 g/mol. The Hall–Kier alpha value is -2.95. The lowest BCUT2D eigenvalue weighted by Gasteiger charge is -2.00. The van der Waals surface area contributed by atoms with Crippen molar-refractivity contribution in [2.24, 2.45) is 0 Å². The smallest absolute Gasteiger partial charge is 0.174 e. The molecule has 2 aromatic heterocycles. The van der Waals surface area contributed by atoms with Gasteiger partial charge in [0.2, 0.25) is 0 Å². The molecular formula is C17H12FN3O. The standard InChI is InChI=1S/C17H12FN3O/c1-10-15(9-19-20-10)12-4-7-16-14(8-12)17(22-21-16)11-2-5-13(18)6-3-11/h2-9H,1H3,(H,19,20). The first kappa shape index (κ1) is 12.8. The molecule has 2 aromatic carbocycles. The van der Waals surface area contributed by atoms with Gasteiger partial charge in [0.25, 0.3) is 0 Å². The highest BCUT2D eigenvalue weighted by atomic mass is 19.1. The zero-order chi connectivity index (χ0) is 15.1. The van der Waals surface area contributed by atoms with Crippen LogP contribution in [0.1, 0.15) is 5.69 Å². The molecule has 0 aliphatic carbocycles. The minimum atomic E-state index is -0.276. The minimum absolute atomic E-state index is 0.276. The van der Waals surface area contributed by atoms with E-state index in [1.54, 1.807) is 12.1 Å². The molecule has 5 heteroatoms. The summed E-state index contributed by atoms with van der Waals surface area (Å²) in [6, 6.07) is 12.1. The second kappa shape index (κ2) is 4.80. The lowest BCUT2D eigenvalue weighted by atomic mass is 10.0. The molecule has 22 heavy (non-hydrogen) atoms. The molecule has 108 valence electrons. The number of nitrogens with zero attached hydrogens (tertiary/aromatic N) is 2. The van der Waals surface area contributed by atoms with Crippen LogP contribution >= 0.6 is 0 Å². The van der Waals surface area contributed by atoms with E-state index in [-0.39, 0.29) is 5.82 Å². The van der Waals surface area contributed by atoms with Crippen molar-refractivity contribution in [1.29, 1.82) is 0 Å². The maximum Gasteiger partial charge on any atom is 0.174 e. The molecule has 0 spiro atoms. The van der Waals surface area contributed by atoms with Crippen LogP contribution in [0, 0.1) is 12.7 Å². The summed E-state index contributed by atoms with van der Waals surface area (Å²) < 4.78 is 18.5. The van der Waals surface area contributed by atoms with Gasteiger partial charge in [-0.25, -0.2) is 4.39 Å². The molecule has 0 amide bonds. The van der Waals surface area contributed by atoms with Crippen LogP contribution in [-0.4, -0.2) is 15.4 Å². The van der Waals surface area contributed by atoms with Crippen LogP contribution in [0.2, 0.25) is 0 Å². The number of aromatic nitrogens is 3. The molecule has 0 bridgehead atoms. The third kappa shape index (κ3) is 1.98. The van der Waals surface area contributed by atoms with Gasteiger partial charge in [0.05, 0.1) is 11.1 Å². The van der Waals surface area contributed by atoms with Gasteiger partial charge in [-0.3, -0.25) is 5.10 Å². The van der Waals surface area contributed by atoms with E-state index in [1.165, 1.54) is 12.1 Å². The summed E-state index contributed by atoms with van der Waals surface area (Å²) in [6.07, 6.45) is 1.86. The first-order chi connectivity index (χ1) is 10.7. The fourth-order valence-corrected chi connectivity index (χ4v) is 2.57. The Morgan fingerprint density at radius 3 is 2.55 bits per heavy atom. The van der Waals surface area contributed by atoms with Crippen molar-refractivity contribution in [1.82, 2.24) is 15.4 Å². The number of rotatable bonds is 2. The Kier molecular flexibility index (Phi) is 2.79. The van der Waals surface area contributed by atoms with Crippen LogP contribution < -0.4 is 0 Å². The van der Waals surface area contributed by atoms with E-state index in [2.05, 4.69) is 15.4 Å². The predicted molar refractivity (Wildman–Crippen MR) is 81.7 cm³/mol. The summed E-state index contributed by atoms with van der Waals surface area (Å²) in [7, 11) is 0. The average Bonchev–Trinajstić information content (AvgIpc) is 3.13. The van der Waals surface area contributed by atoms with Crippen molar-refractivity contribution in [3.05, 3.63) is 60.2 Å². The molecule has 0 unspecified atom stereocenters. The Labute approximate surface area is 125 Å². The fourth-order valence-electron chi connectivity index (χ4n) is 2.57. The maximum absolute atomic E-state index is 13.1. The van der Waals surface area contributed by atoms with Gasteiger partial charge in [-0.15, -0.1) is 0 Å². The molecule has 1 N–H and O–H groups in total. The third-order valence-electron chi connectivity index (χ3n) is 3.72. The number of nitrogens with one attached hydrogen (secondary N) is 1. The van der Waals surface area contributed by atoms with Crippen molar-refractivity contribution < 1.29 is 8.91 Å². The van der Waals surface area contributed by atoms with E-state index in [1.807, 2.05) is 31.3 Å². The summed E-state index contributed by atoms with van der Waals surface area (Å²) in [6.45, 7) is 1.95. The van der Waals surface area contributed by atoms with Crippen LogP contribution in [0.25, 0.3) is 33.4 Å². The SMILES string of the molecule is Cc1n[nH]cc1-c1ccc2noc(-c3ccc(F)cc3)c2c1. The summed E-state index contributed by atoms with van der Waals surface area (Å²) in [5, 5.41) is 12.0. The molecule has 0 radical (unpaired) electrons. The summed E-state index contributed by atoms with van der Waals surface area (Å²) in [5.74, 6) is 0.361. The molecule has 0 aliphatic rings. The highest BCUT2D eigenvalue weighted by Gasteiger charge is 2.13. The van der Waals surface area contributed by atoms with Crippen LogP contribution in [0.4, 0.5) is 4.39 Å². The number of halogens is 1. The highest BCUT2D eigenvalue weighted by molar-refractivity contribution is 5.94. The molecule has 0 saturated carbocycles. The number of aryl methyl sites for hydroxylation is 1. The van der Waals surface area contributed by atoms with Gasteiger partial charge in [-0.2, -0.15) is 5.10 Å². The Morgan fingerprint density at radius 1 is 1.05 bits per heavy atom. The second-order valence-corrected chi connectivity index (χ2v) is 5.13. The van der Waals surface area contributed by atoms with Gasteiger partial charge in [0.1, 0.15) is 11.3 Å². The molecule has 4 nitrogen and oxygen atoms in total. The van der Waals surface area contributed by atoms with Crippen LogP contribution in [-0.2, 0) is 0 Å². The quantitative estimate of drug-likeness (QED) is 0.598. The summed E-state index contributed by atoms with van der Waals surface area (Å²) >= 11 is 0. The number of hydrogen-bond donors (Lipinski definition) is 1. The lowest BCUT2D eigenvalue weighted by molar-refractivity contribution is 0.441. The molecule has 0 saturated heterocycles. The van der Waals surface area contributed by atoms with E-state index >= 15 is 0 Å². The largest absolute Gasteiger partial charge is 0.355 e. The van der Waals surface area contributed by atoms with E-state index in [9.17, 15) is 4.39 Å². The summed E-state index contributed by atoms with van der Waals surface area (Å²) in [5.41, 5.74) is 4.56. The highest BCUT2D eigenvalue weighted by Crippen LogP contribution is 2.32. The second-order valence-electron chi connectivity index (χ2n) is 5.13. The predicted octanol–water partition coefficient (Wildman–Crippen LogP) is 4.33. The van der Waals surface area contributed by atoms with Crippen LogP contribution in [0.3, 0.4) is 0 Å². The van der Waals surface area contributed by atoms with Gasteiger partial charge in [-0.1, -0.05) is 11.2 Å². The Balaban J connectivity index is 1.90. The van der Waals surface area contributed by atoms with Crippen molar-refractivity contribution >= 4 is 10.9 Å². The van der Waals surface area contributed by atoms with Gasteiger partial charge in [-0.05, 0) is 48.9 Å². The van der Waals surface area contributed by atoms with Gasteiger partial charge >= 0.3 is 0 Å². The van der Waals surface area contributed by atoms with Gasteiger partial charge < -0.3 is 4.52 Å². The lowest BCUT2D eigenvalue weighted by Crippen LogP contribution is -1.81. The number of hydrogen-bond acceptors (Lipinski definition) is 3. The Morgan fingerprint density at radius 2 is 1.82 bits per heavy atom.